The minimum Gasteiger partial charge on any atom is -0.439 e. The van der Waals surface area contributed by atoms with Crippen molar-refractivity contribution in [3.8, 4) is 11.5 Å². The van der Waals surface area contributed by atoms with Gasteiger partial charge >= 0.3 is 12.4 Å². The van der Waals surface area contributed by atoms with E-state index in [0.29, 0.717) is 31.2 Å². The zero-order valence-corrected chi connectivity index (χ0v) is 16.0. The predicted octanol–water partition coefficient (Wildman–Crippen LogP) is 4.37. The number of alkyl halides is 6. The third-order valence-electron chi connectivity index (χ3n) is 4.71. The SMILES string of the molecule is O=C(N[C@H]1CCCc2nc(-c3ccnc(C(F)(F)F)c3)oc21)c1cncc(C(F)(F)F)n1. The fourth-order valence-corrected chi connectivity index (χ4v) is 3.24. The Bertz CT molecular complexity index is 1160. The van der Waals surface area contributed by atoms with E-state index < -0.39 is 41.4 Å². The summed E-state index contributed by atoms with van der Waals surface area (Å²) in [6.07, 6.45) is -5.60. The summed E-state index contributed by atoms with van der Waals surface area (Å²) in [5.41, 5.74) is -2.46. The van der Waals surface area contributed by atoms with Gasteiger partial charge in [0.05, 0.1) is 24.1 Å². The Hall–Kier alpha value is -3.51. The maximum atomic E-state index is 12.9. The number of amides is 1. The molecular formula is C19H13F6N5O2. The summed E-state index contributed by atoms with van der Waals surface area (Å²) in [5, 5.41) is 2.54. The Balaban J connectivity index is 1.59. The van der Waals surface area contributed by atoms with Gasteiger partial charge in [-0.2, -0.15) is 26.3 Å². The van der Waals surface area contributed by atoms with E-state index in [1.807, 2.05) is 0 Å². The monoisotopic (exact) mass is 457 g/mol. The van der Waals surface area contributed by atoms with Crippen LogP contribution in [0, 0.1) is 0 Å². The summed E-state index contributed by atoms with van der Waals surface area (Å²) in [6, 6.07) is 1.36. The molecule has 0 saturated heterocycles. The van der Waals surface area contributed by atoms with Gasteiger partial charge in [-0.3, -0.25) is 14.8 Å². The van der Waals surface area contributed by atoms with Crippen molar-refractivity contribution in [3.63, 3.8) is 0 Å². The van der Waals surface area contributed by atoms with Gasteiger partial charge in [0.15, 0.2) is 5.69 Å². The summed E-state index contributed by atoms with van der Waals surface area (Å²) in [7, 11) is 0. The Morgan fingerprint density at radius 3 is 2.53 bits per heavy atom. The molecule has 4 rings (SSSR count). The third-order valence-corrected chi connectivity index (χ3v) is 4.71. The van der Waals surface area contributed by atoms with Crippen molar-refractivity contribution in [1.29, 1.82) is 0 Å². The Morgan fingerprint density at radius 1 is 1.06 bits per heavy atom. The van der Waals surface area contributed by atoms with Crippen LogP contribution in [0.1, 0.15) is 52.2 Å². The quantitative estimate of drug-likeness (QED) is 0.587. The number of nitrogens with zero attached hydrogens (tertiary/aromatic N) is 4. The van der Waals surface area contributed by atoms with Crippen LogP contribution in [0.2, 0.25) is 0 Å². The summed E-state index contributed by atoms with van der Waals surface area (Å²) in [6.45, 7) is 0. The number of nitrogens with one attached hydrogen (secondary N) is 1. The number of fused-ring (bicyclic) bond motifs is 1. The Kier molecular flexibility index (Phi) is 5.34. The molecule has 3 aromatic rings. The number of pyridine rings is 1. The minimum atomic E-state index is -4.76. The van der Waals surface area contributed by atoms with Crippen LogP contribution in [-0.2, 0) is 18.8 Å². The van der Waals surface area contributed by atoms with Crippen LogP contribution >= 0.6 is 0 Å². The van der Waals surface area contributed by atoms with Crippen LogP contribution < -0.4 is 5.32 Å². The lowest BCUT2D eigenvalue weighted by molar-refractivity contribution is -0.142. The molecule has 0 aliphatic heterocycles. The topological polar surface area (TPSA) is 93.8 Å². The average Bonchev–Trinajstić information content (AvgIpc) is 3.18. The van der Waals surface area contributed by atoms with E-state index in [1.165, 1.54) is 6.07 Å². The van der Waals surface area contributed by atoms with Gasteiger partial charge in [-0.25, -0.2) is 9.97 Å². The van der Waals surface area contributed by atoms with Gasteiger partial charge < -0.3 is 9.73 Å². The van der Waals surface area contributed by atoms with E-state index in [-0.39, 0.29) is 17.2 Å². The first kappa shape index (κ1) is 21.7. The standard InChI is InChI=1S/C19H13F6N5O2/c20-18(21,22)13-6-9(4-5-27-13)17-30-11-3-1-2-10(15(11)32-17)29-16(31)12-7-26-8-14(28-12)19(23,24)25/h4-8,10H,1-3H2,(H,29,31)/t10-/m0/s1. The van der Waals surface area contributed by atoms with Gasteiger partial charge in [0.1, 0.15) is 17.1 Å². The normalized spacial score (nSPS) is 16.5. The van der Waals surface area contributed by atoms with Crippen LogP contribution in [0.4, 0.5) is 26.3 Å². The van der Waals surface area contributed by atoms with Crippen molar-refractivity contribution >= 4 is 5.91 Å². The second-order valence-electron chi connectivity index (χ2n) is 6.96. The summed E-state index contributed by atoms with van der Waals surface area (Å²) in [4.78, 5) is 26.7. The number of rotatable bonds is 3. The number of carbonyl (C=O) groups excluding carboxylic acids is 1. The molecule has 3 heterocycles. The first-order chi connectivity index (χ1) is 15.0. The van der Waals surface area contributed by atoms with Crippen LogP contribution in [0.25, 0.3) is 11.5 Å². The van der Waals surface area contributed by atoms with Gasteiger partial charge in [-0.15, -0.1) is 0 Å². The number of aromatic nitrogens is 4. The molecule has 0 spiro atoms. The van der Waals surface area contributed by atoms with Gasteiger partial charge in [-0.05, 0) is 31.4 Å². The molecule has 1 N–H and O–H groups in total. The maximum Gasteiger partial charge on any atom is 0.434 e. The first-order valence-corrected chi connectivity index (χ1v) is 9.25. The molecule has 32 heavy (non-hydrogen) atoms. The lowest BCUT2D eigenvalue weighted by Gasteiger charge is -2.21. The molecule has 0 aromatic carbocycles. The molecule has 0 unspecified atom stereocenters. The van der Waals surface area contributed by atoms with Crippen molar-refractivity contribution in [1.82, 2.24) is 25.3 Å². The van der Waals surface area contributed by atoms with Crippen molar-refractivity contribution in [2.45, 2.75) is 37.7 Å². The lowest BCUT2D eigenvalue weighted by atomic mass is 9.97. The maximum absolute atomic E-state index is 12.9. The van der Waals surface area contributed by atoms with Crippen LogP contribution in [0.3, 0.4) is 0 Å². The fourth-order valence-electron chi connectivity index (χ4n) is 3.24. The van der Waals surface area contributed by atoms with Crippen molar-refractivity contribution < 1.29 is 35.6 Å². The molecule has 1 amide bonds. The van der Waals surface area contributed by atoms with E-state index in [0.717, 1.165) is 18.5 Å². The third kappa shape index (κ3) is 4.41. The second-order valence-corrected chi connectivity index (χ2v) is 6.96. The summed E-state index contributed by atoms with van der Waals surface area (Å²) >= 11 is 0. The Morgan fingerprint density at radius 2 is 1.81 bits per heavy atom. The molecule has 1 aliphatic rings. The van der Waals surface area contributed by atoms with Crippen LogP contribution in [-0.4, -0.2) is 25.8 Å². The molecule has 168 valence electrons. The highest BCUT2D eigenvalue weighted by Crippen LogP contribution is 2.35. The van der Waals surface area contributed by atoms with E-state index in [9.17, 15) is 31.1 Å². The van der Waals surface area contributed by atoms with Gasteiger partial charge in [0.2, 0.25) is 5.89 Å². The van der Waals surface area contributed by atoms with E-state index in [1.54, 1.807) is 0 Å². The largest absolute Gasteiger partial charge is 0.439 e. The van der Waals surface area contributed by atoms with Crippen molar-refractivity contribution in [3.05, 3.63) is 59.3 Å². The molecule has 0 radical (unpaired) electrons. The highest BCUT2D eigenvalue weighted by Gasteiger charge is 2.35. The molecule has 1 aliphatic carbocycles. The molecule has 0 saturated carbocycles. The average molecular weight is 457 g/mol. The molecule has 0 fully saturated rings. The minimum absolute atomic E-state index is 0.0514. The molecule has 3 aromatic heterocycles. The van der Waals surface area contributed by atoms with Gasteiger partial charge in [0, 0.05) is 11.8 Å². The molecule has 1 atom stereocenters. The predicted molar refractivity (Wildman–Crippen MR) is 94.9 cm³/mol. The number of halogens is 6. The molecule has 0 bridgehead atoms. The summed E-state index contributed by atoms with van der Waals surface area (Å²) in [5.74, 6) is -0.754. The van der Waals surface area contributed by atoms with Crippen molar-refractivity contribution in [2.75, 3.05) is 0 Å². The fraction of sp³-hybridized carbons (Fsp3) is 0.316. The van der Waals surface area contributed by atoms with Crippen LogP contribution in [0.5, 0.6) is 0 Å². The number of hydrogen-bond donors (Lipinski definition) is 1. The molecular weight excluding hydrogens is 444 g/mol. The van der Waals surface area contributed by atoms with Gasteiger partial charge in [0.25, 0.3) is 5.91 Å². The summed E-state index contributed by atoms with van der Waals surface area (Å²) < 4.78 is 82.9. The van der Waals surface area contributed by atoms with E-state index in [2.05, 4.69) is 25.3 Å². The number of carbonyl (C=O) groups is 1. The van der Waals surface area contributed by atoms with E-state index >= 15 is 0 Å². The Labute approximate surface area is 175 Å². The second kappa shape index (κ2) is 7.88. The highest BCUT2D eigenvalue weighted by atomic mass is 19.4. The van der Waals surface area contributed by atoms with E-state index in [4.69, 9.17) is 4.42 Å². The lowest BCUT2D eigenvalue weighted by Crippen LogP contribution is -2.31. The molecule has 7 nitrogen and oxygen atoms in total. The number of oxazole rings is 1. The smallest absolute Gasteiger partial charge is 0.434 e. The van der Waals surface area contributed by atoms with Gasteiger partial charge in [-0.1, -0.05) is 0 Å². The number of hydrogen-bond acceptors (Lipinski definition) is 6. The van der Waals surface area contributed by atoms with Crippen molar-refractivity contribution in [2.24, 2.45) is 0 Å². The first-order valence-electron chi connectivity index (χ1n) is 9.25. The highest BCUT2D eigenvalue weighted by molar-refractivity contribution is 5.92. The molecule has 13 heteroatoms. The zero-order chi connectivity index (χ0) is 23.1. The zero-order valence-electron chi connectivity index (χ0n) is 16.0. The van der Waals surface area contributed by atoms with Crippen LogP contribution in [0.15, 0.2) is 35.1 Å². The number of aryl methyl sites for hydroxylation is 1.